The number of hydrogen-bond donors (Lipinski definition) is 4. The zero-order valence-corrected chi connectivity index (χ0v) is 14.5. The Kier molecular flexibility index (Phi) is 4.49. The molecule has 0 unspecified atom stereocenters. The SMILES string of the molecule is Cc1cc(Oc2cccc(Oc3cc(C)c(O)c(N)c3)c2)cc(N)c1O. The summed E-state index contributed by atoms with van der Waals surface area (Å²) >= 11 is 0. The molecule has 6 nitrogen and oxygen atoms in total. The van der Waals surface area contributed by atoms with E-state index in [1.54, 1.807) is 62.4 Å². The Hall–Kier alpha value is -3.54. The molecule has 0 aliphatic rings. The van der Waals surface area contributed by atoms with Crippen molar-refractivity contribution in [2.45, 2.75) is 13.8 Å². The van der Waals surface area contributed by atoms with Gasteiger partial charge in [0.15, 0.2) is 0 Å². The summed E-state index contributed by atoms with van der Waals surface area (Å²) < 4.78 is 11.6. The van der Waals surface area contributed by atoms with Crippen LogP contribution in [0.5, 0.6) is 34.5 Å². The number of benzene rings is 3. The zero-order chi connectivity index (χ0) is 18.8. The molecule has 0 aliphatic heterocycles. The maximum Gasteiger partial charge on any atom is 0.141 e. The topological polar surface area (TPSA) is 111 Å². The van der Waals surface area contributed by atoms with Gasteiger partial charge in [-0.3, -0.25) is 0 Å². The molecule has 0 aromatic heterocycles. The van der Waals surface area contributed by atoms with Gasteiger partial charge in [0.1, 0.15) is 34.5 Å². The number of phenols is 2. The number of anilines is 2. The van der Waals surface area contributed by atoms with Gasteiger partial charge >= 0.3 is 0 Å². The summed E-state index contributed by atoms with van der Waals surface area (Å²) in [5.41, 5.74) is 13.3. The van der Waals surface area contributed by atoms with Crippen LogP contribution in [0.3, 0.4) is 0 Å². The summed E-state index contributed by atoms with van der Waals surface area (Å²) in [7, 11) is 0. The van der Waals surface area contributed by atoms with Gasteiger partial charge in [-0.15, -0.1) is 0 Å². The van der Waals surface area contributed by atoms with E-state index in [4.69, 9.17) is 20.9 Å². The van der Waals surface area contributed by atoms with Crippen LogP contribution in [0.1, 0.15) is 11.1 Å². The molecular weight excluding hydrogens is 332 g/mol. The summed E-state index contributed by atoms with van der Waals surface area (Å²) in [6.45, 7) is 3.49. The van der Waals surface area contributed by atoms with E-state index in [2.05, 4.69) is 0 Å². The van der Waals surface area contributed by atoms with Gasteiger partial charge in [-0.05, 0) is 49.2 Å². The molecule has 0 atom stereocenters. The fraction of sp³-hybridized carbons (Fsp3) is 0.100. The maximum atomic E-state index is 9.74. The van der Waals surface area contributed by atoms with E-state index in [0.29, 0.717) is 34.1 Å². The largest absolute Gasteiger partial charge is 0.506 e. The fourth-order valence-corrected chi connectivity index (χ4v) is 2.54. The van der Waals surface area contributed by atoms with Crippen LogP contribution < -0.4 is 20.9 Å². The molecule has 3 aromatic rings. The molecule has 0 saturated heterocycles. The third kappa shape index (κ3) is 3.59. The van der Waals surface area contributed by atoms with Gasteiger partial charge < -0.3 is 31.2 Å². The van der Waals surface area contributed by atoms with E-state index in [-0.39, 0.29) is 22.9 Å². The minimum atomic E-state index is 0.0507. The molecule has 6 N–H and O–H groups in total. The van der Waals surface area contributed by atoms with Crippen LogP contribution in [0.4, 0.5) is 11.4 Å². The van der Waals surface area contributed by atoms with Crippen molar-refractivity contribution in [1.29, 1.82) is 0 Å². The Bertz CT molecular complexity index is 849. The number of rotatable bonds is 4. The van der Waals surface area contributed by atoms with Crippen molar-refractivity contribution in [3.63, 3.8) is 0 Å². The van der Waals surface area contributed by atoms with Crippen molar-refractivity contribution >= 4 is 11.4 Å². The van der Waals surface area contributed by atoms with Crippen molar-refractivity contribution in [2.24, 2.45) is 0 Å². The summed E-state index contributed by atoms with van der Waals surface area (Å²) in [5, 5.41) is 19.5. The third-order valence-electron chi connectivity index (χ3n) is 3.88. The number of nitrogen functional groups attached to an aromatic ring is 2. The van der Waals surface area contributed by atoms with Crippen molar-refractivity contribution in [1.82, 2.24) is 0 Å². The molecule has 3 rings (SSSR count). The second kappa shape index (κ2) is 6.76. The maximum absolute atomic E-state index is 9.74. The van der Waals surface area contributed by atoms with Crippen LogP contribution in [0.2, 0.25) is 0 Å². The predicted octanol–water partition coefficient (Wildman–Crippen LogP) is 4.46. The number of aryl methyl sites for hydroxylation is 2. The molecule has 0 saturated carbocycles. The zero-order valence-electron chi connectivity index (χ0n) is 14.5. The lowest BCUT2D eigenvalue weighted by atomic mass is 10.2. The molecule has 0 bridgehead atoms. The van der Waals surface area contributed by atoms with E-state index in [0.717, 1.165) is 0 Å². The first-order valence-corrected chi connectivity index (χ1v) is 7.97. The summed E-state index contributed by atoms with van der Waals surface area (Å²) in [4.78, 5) is 0. The molecule has 26 heavy (non-hydrogen) atoms. The second-order valence-corrected chi connectivity index (χ2v) is 6.03. The Morgan fingerprint density at radius 3 is 1.46 bits per heavy atom. The average Bonchev–Trinajstić information content (AvgIpc) is 2.58. The molecule has 3 aromatic carbocycles. The molecule has 0 amide bonds. The predicted molar refractivity (Wildman–Crippen MR) is 101 cm³/mol. The van der Waals surface area contributed by atoms with Crippen molar-refractivity contribution in [3.8, 4) is 34.5 Å². The van der Waals surface area contributed by atoms with Crippen LogP contribution in [0, 0.1) is 13.8 Å². The van der Waals surface area contributed by atoms with Gasteiger partial charge in [-0.1, -0.05) is 6.07 Å². The van der Waals surface area contributed by atoms with Crippen LogP contribution in [0.15, 0.2) is 48.5 Å². The Balaban J connectivity index is 1.83. The molecular formula is C20H20N2O4. The third-order valence-corrected chi connectivity index (χ3v) is 3.88. The van der Waals surface area contributed by atoms with Crippen molar-refractivity contribution < 1.29 is 19.7 Å². The molecule has 0 fully saturated rings. The first kappa shape index (κ1) is 17.3. The molecule has 0 spiro atoms. The highest BCUT2D eigenvalue weighted by molar-refractivity contribution is 5.61. The summed E-state index contributed by atoms with van der Waals surface area (Å²) in [6.07, 6.45) is 0. The lowest BCUT2D eigenvalue weighted by Gasteiger charge is -2.12. The van der Waals surface area contributed by atoms with E-state index < -0.39 is 0 Å². The monoisotopic (exact) mass is 352 g/mol. The lowest BCUT2D eigenvalue weighted by molar-refractivity contribution is 0.451. The summed E-state index contributed by atoms with van der Waals surface area (Å²) in [6, 6.07) is 13.6. The van der Waals surface area contributed by atoms with Crippen molar-refractivity contribution in [2.75, 3.05) is 11.5 Å². The summed E-state index contributed by atoms with van der Waals surface area (Å²) in [5.74, 6) is 2.23. The normalized spacial score (nSPS) is 10.5. The van der Waals surface area contributed by atoms with Gasteiger partial charge in [0.05, 0.1) is 11.4 Å². The second-order valence-electron chi connectivity index (χ2n) is 6.03. The first-order valence-electron chi connectivity index (χ1n) is 7.97. The smallest absolute Gasteiger partial charge is 0.141 e. The molecule has 0 aliphatic carbocycles. The van der Waals surface area contributed by atoms with E-state index in [1.165, 1.54) is 0 Å². The average molecular weight is 352 g/mol. The quantitative estimate of drug-likeness (QED) is 0.407. The minimum Gasteiger partial charge on any atom is -0.506 e. The van der Waals surface area contributed by atoms with Crippen LogP contribution in [-0.2, 0) is 0 Å². The molecule has 0 heterocycles. The molecule has 134 valence electrons. The standard InChI is InChI=1S/C20H20N2O4/c1-11-6-15(9-17(21)19(11)23)25-13-4-3-5-14(8-13)26-16-7-12(2)20(24)18(22)10-16/h3-10,23-24H,21-22H2,1-2H3. The molecule has 6 heteroatoms. The minimum absolute atomic E-state index is 0.0507. The van der Waals surface area contributed by atoms with Gasteiger partial charge in [0.2, 0.25) is 0 Å². The van der Waals surface area contributed by atoms with Gasteiger partial charge in [0.25, 0.3) is 0 Å². The van der Waals surface area contributed by atoms with Crippen LogP contribution in [0.25, 0.3) is 0 Å². The number of phenolic OH excluding ortho intramolecular Hbond substituents is 2. The van der Waals surface area contributed by atoms with Crippen LogP contribution >= 0.6 is 0 Å². The number of ether oxygens (including phenoxy) is 2. The van der Waals surface area contributed by atoms with Gasteiger partial charge in [0, 0.05) is 18.2 Å². The van der Waals surface area contributed by atoms with E-state index in [1.807, 2.05) is 0 Å². The van der Waals surface area contributed by atoms with Crippen LogP contribution in [-0.4, -0.2) is 10.2 Å². The highest BCUT2D eigenvalue weighted by atomic mass is 16.5. The Morgan fingerprint density at radius 1 is 0.654 bits per heavy atom. The highest BCUT2D eigenvalue weighted by Gasteiger charge is 2.09. The molecule has 0 radical (unpaired) electrons. The van der Waals surface area contributed by atoms with Crippen molar-refractivity contribution in [3.05, 3.63) is 59.7 Å². The Morgan fingerprint density at radius 2 is 1.08 bits per heavy atom. The highest BCUT2D eigenvalue weighted by Crippen LogP contribution is 2.35. The van der Waals surface area contributed by atoms with Gasteiger partial charge in [-0.2, -0.15) is 0 Å². The number of aromatic hydroxyl groups is 2. The van der Waals surface area contributed by atoms with E-state index in [9.17, 15) is 10.2 Å². The number of nitrogens with two attached hydrogens (primary N) is 2. The first-order chi connectivity index (χ1) is 12.3. The lowest BCUT2D eigenvalue weighted by Crippen LogP contribution is -1.93. The van der Waals surface area contributed by atoms with Gasteiger partial charge in [-0.25, -0.2) is 0 Å². The number of hydrogen-bond acceptors (Lipinski definition) is 6. The van der Waals surface area contributed by atoms with E-state index >= 15 is 0 Å². The fourth-order valence-electron chi connectivity index (χ4n) is 2.54. The Labute approximate surface area is 151 Å².